The molecule has 0 atom stereocenters. The third kappa shape index (κ3) is 3.13. The van der Waals surface area contributed by atoms with Crippen molar-refractivity contribution in [3.63, 3.8) is 0 Å². The van der Waals surface area contributed by atoms with Gasteiger partial charge in [-0.25, -0.2) is 4.98 Å². The molecule has 4 nitrogen and oxygen atoms in total. The van der Waals surface area contributed by atoms with Gasteiger partial charge in [-0.2, -0.15) is 0 Å². The van der Waals surface area contributed by atoms with Crippen molar-refractivity contribution in [3.8, 4) is 0 Å². The van der Waals surface area contributed by atoms with E-state index in [1.165, 1.54) is 11.9 Å². The number of allylic oxidation sites excluding steroid dienone is 1. The van der Waals surface area contributed by atoms with E-state index in [1.54, 1.807) is 0 Å². The zero-order chi connectivity index (χ0) is 10.6. The highest BCUT2D eigenvalue weighted by atomic mass is 127. The van der Waals surface area contributed by atoms with Crippen LogP contribution in [-0.2, 0) is 0 Å². The van der Waals surface area contributed by atoms with Crippen LogP contribution in [0.25, 0.3) is 0 Å². The van der Waals surface area contributed by atoms with E-state index in [4.69, 9.17) is 0 Å². The summed E-state index contributed by atoms with van der Waals surface area (Å²) in [6, 6.07) is 0. The van der Waals surface area contributed by atoms with Crippen LogP contribution in [0.15, 0.2) is 22.8 Å². The summed E-state index contributed by atoms with van der Waals surface area (Å²) in [5, 5.41) is 3.07. The molecule has 0 saturated heterocycles. The average Bonchev–Trinajstić information content (AvgIpc) is 2.12. The van der Waals surface area contributed by atoms with Crippen molar-refractivity contribution in [2.45, 2.75) is 13.8 Å². The van der Waals surface area contributed by atoms with Gasteiger partial charge in [0.2, 0.25) is 0 Å². The number of halogens is 1. The first-order valence-electron chi connectivity index (χ1n) is 4.21. The molecule has 1 aromatic heterocycles. The molecule has 76 valence electrons. The normalized spacial score (nSPS) is 9.64. The predicted molar refractivity (Wildman–Crippen MR) is 65.5 cm³/mol. The first-order valence-corrected chi connectivity index (χ1v) is 5.29. The van der Waals surface area contributed by atoms with E-state index in [-0.39, 0.29) is 5.56 Å². The number of rotatable bonds is 3. The predicted octanol–water partition coefficient (Wildman–Crippen LogP) is 1.75. The van der Waals surface area contributed by atoms with Gasteiger partial charge >= 0.3 is 0 Å². The Morgan fingerprint density at radius 3 is 3.07 bits per heavy atom. The summed E-state index contributed by atoms with van der Waals surface area (Å²) in [5.41, 5.74) is 1.12. The van der Waals surface area contributed by atoms with Crippen molar-refractivity contribution >= 4 is 28.4 Å². The summed E-state index contributed by atoms with van der Waals surface area (Å²) >= 11 is 1.97. The fourth-order valence-corrected chi connectivity index (χ4v) is 1.34. The van der Waals surface area contributed by atoms with Crippen LogP contribution in [0, 0.1) is 3.57 Å². The Kier molecular flexibility index (Phi) is 4.12. The number of H-pyrrole nitrogens is 1. The SMILES string of the molecule is CC(C)=CCNc1nc[nH]c(=O)c1I. The highest BCUT2D eigenvalue weighted by molar-refractivity contribution is 14.1. The monoisotopic (exact) mass is 305 g/mol. The lowest BCUT2D eigenvalue weighted by molar-refractivity contribution is 1.08. The molecule has 0 unspecified atom stereocenters. The molecule has 0 aliphatic rings. The van der Waals surface area contributed by atoms with E-state index in [9.17, 15) is 4.79 Å². The Bertz CT molecular complexity index is 393. The zero-order valence-corrected chi connectivity index (χ0v) is 10.3. The molecular weight excluding hydrogens is 293 g/mol. The molecule has 0 amide bonds. The summed E-state index contributed by atoms with van der Waals surface area (Å²) in [7, 11) is 0. The van der Waals surface area contributed by atoms with Gasteiger partial charge in [0.1, 0.15) is 9.39 Å². The van der Waals surface area contributed by atoms with Gasteiger partial charge in [0.15, 0.2) is 0 Å². The maximum Gasteiger partial charge on any atom is 0.266 e. The molecule has 14 heavy (non-hydrogen) atoms. The van der Waals surface area contributed by atoms with Gasteiger partial charge in [-0.05, 0) is 36.4 Å². The molecule has 2 N–H and O–H groups in total. The lowest BCUT2D eigenvalue weighted by atomic mass is 10.3. The molecule has 1 aromatic rings. The standard InChI is InChI=1S/C9H12IN3O/c1-6(2)3-4-11-8-7(10)9(14)13-5-12-8/h3,5H,4H2,1-2H3,(H2,11,12,13,14). The fourth-order valence-electron chi connectivity index (χ4n) is 0.858. The zero-order valence-electron chi connectivity index (χ0n) is 8.10. The van der Waals surface area contributed by atoms with Crippen LogP contribution in [0.1, 0.15) is 13.8 Å². The molecule has 5 heteroatoms. The van der Waals surface area contributed by atoms with Crippen LogP contribution in [0.4, 0.5) is 5.82 Å². The summed E-state index contributed by atoms with van der Waals surface area (Å²) in [5.74, 6) is 0.631. The minimum absolute atomic E-state index is 0.111. The van der Waals surface area contributed by atoms with Gasteiger partial charge in [-0.15, -0.1) is 0 Å². The van der Waals surface area contributed by atoms with Crippen LogP contribution < -0.4 is 10.9 Å². The van der Waals surface area contributed by atoms with E-state index in [0.29, 0.717) is 15.9 Å². The molecule has 0 aliphatic carbocycles. The van der Waals surface area contributed by atoms with Crippen LogP contribution >= 0.6 is 22.6 Å². The Hall–Kier alpha value is -0.850. The third-order valence-electron chi connectivity index (χ3n) is 1.58. The minimum Gasteiger partial charge on any atom is -0.365 e. The Morgan fingerprint density at radius 2 is 2.43 bits per heavy atom. The van der Waals surface area contributed by atoms with Crippen LogP contribution in [0.5, 0.6) is 0 Å². The van der Waals surface area contributed by atoms with Crippen molar-refractivity contribution < 1.29 is 0 Å². The lowest BCUT2D eigenvalue weighted by Gasteiger charge is -2.03. The Balaban J connectivity index is 2.73. The highest BCUT2D eigenvalue weighted by Gasteiger charge is 2.02. The Morgan fingerprint density at radius 1 is 1.71 bits per heavy atom. The highest BCUT2D eigenvalue weighted by Crippen LogP contribution is 2.07. The van der Waals surface area contributed by atoms with Gasteiger partial charge < -0.3 is 10.3 Å². The summed E-state index contributed by atoms with van der Waals surface area (Å²) < 4.78 is 0.590. The summed E-state index contributed by atoms with van der Waals surface area (Å²) in [6.45, 7) is 4.74. The second-order valence-electron chi connectivity index (χ2n) is 3.06. The molecule has 1 heterocycles. The van der Waals surface area contributed by atoms with Crippen molar-refractivity contribution in [2.75, 3.05) is 11.9 Å². The molecular formula is C9H12IN3O. The maximum absolute atomic E-state index is 11.2. The van der Waals surface area contributed by atoms with Crippen LogP contribution in [0.2, 0.25) is 0 Å². The number of aromatic nitrogens is 2. The quantitative estimate of drug-likeness (QED) is 0.661. The molecule has 0 bridgehead atoms. The van der Waals surface area contributed by atoms with Crippen LogP contribution in [0.3, 0.4) is 0 Å². The summed E-state index contributed by atoms with van der Waals surface area (Å²) in [6.07, 6.45) is 3.44. The van der Waals surface area contributed by atoms with Crippen molar-refractivity contribution in [2.24, 2.45) is 0 Å². The van der Waals surface area contributed by atoms with Gasteiger partial charge in [0, 0.05) is 6.54 Å². The van der Waals surface area contributed by atoms with Crippen LogP contribution in [-0.4, -0.2) is 16.5 Å². The Labute approximate surface area is 96.0 Å². The van der Waals surface area contributed by atoms with Crippen molar-refractivity contribution in [1.82, 2.24) is 9.97 Å². The molecule has 1 rings (SSSR count). The van der Waals surface area contributed by atoms with E-state index in [2.05, 4.69) is 15.3 Å². The second kappa shape index (κ2) is 5.14. The molecule has 0 aliphatic heterocycles. The number of hydrogen-bond acceptors (Lipinski definition) is 3. The molecule has 0 aromatic carbocycles. The number of hydrogen-bond donors (Lipinski definition) is 2. The summed E-state index contributed by atoms with van der Waals surface area (Å²) in [4.78, 5) is 17.7. The average molecular weight is 305 g/mol. The molecule has 0 fully saturated rings. The van der Waals surface area contributed by atoms with Gasteiger partial charge in [-0.3, -0.25) is 4.79 Å². The van der Waals surface area contributed by atoms with E-state index in [0.717, 1.165) is 0 Å². The second-order valence-corrected chi connectivity index (χ2v) is 4.14. The lowest BCUT2D eigenvalue weighted by Crippen LogP contribution is -2.14. The van der Waals surface area contributed by atoms with E-state index in [1.807, 2.05) is 42.5 Å². The van der Waals surface area contributed by atoms with E-state index < -0.39 is 0 Å². The van der Waals surface area contributed by atoms with E-state index >= 15 is 0 Å². The van der Waals surface area contributed by atoms with Gasteiger partial charge in [-0.1, -0.05) is 11.6 Å². The van der Waals surface area contributed by atoms with Crippen molar-refractivity contribution in [3.05, 3.63) is 31.9 Å². The first-order chi connectivity index (χ1) is 6.61. The number of aromatic amines is 1. The molecule has 0 saturated carbocycles. The topological polar surface area (TPSA) is 57.8 Å². The maximum atomic E-state index is 11.2. The smallest absolute Gasteiger partial charge is 0.266 e. The molecule has 0 spiro atoms. The van der Waals surface area contributed by atoms with Gasteiger partial charge in [0.05, 0.1) is 6.33 Å². The molecule has 0 radical (unpaired) electrons. The third-order valence-corrected chi connectivity index (χ3v) is 2.58. The van der Waals surface area contributed by atoms with Gasteiger partial charge in [0.25, 0.3) is 5.56 Å². The first kappa shape index (κ1) is 11.2. The minimum atomic E-state index is -0.111. The number of anilines is 1. The number of nitrogens with one attached hydrogen (secondary N) is 2. The number of nitrogens with zero attached hydrogens (tertiary/aromatic N) is 1. The fraction of sp³-hybridized carbons (Fsp3) is 0.333. The van der Waals surface area contributed by atoms with Crippen molar-refractivity contribution in [1.29, 1.82) is 0 Å². The largest absolute Gasteiger partial charge is 0.365 e.